The minimum Gasteiger partial charge on any atom is -1.00 e. The number of rotatable bonds is 20. The van der Waals surface area contributed by atoms with Crippen LogP contribution in [0.15, 0.2) is 42.6 Å². The largest absolute Gasteiger partial charge is 1.00 e. The van der Waals surface area contributed by atoms with Crippen LogP contribution < -0.4 is 42.8 Å². The number of carbonyl (C=O) groups excluding carboxylic acids is 2. The highest BCUT2D eigenvalue weighted by molar-refractivity contribution is 5.94. The van der Waals surface area contributed by atoms with Crippen LogP contribution in [-0.2, 0) is 23.2 Å². The Kier molecular flexibility index (Phi) is 19.1. The van der Waals surface area contributed by atoms with Gasteiger partial charge >= 0.3 is 0 Å². The van der Waals surface area contributed by atoms with Crippen molar-refractivity contribution in [2.24, 2.45) is 7.05 Å². The molecular formula is C32H49IN2O5. The van der Waals surface area contributed by atoms with E-state index in [2.05, 4.69) is 6.92 Å². The van der Waals surface area contributed by atoms with Gasteiger partial charge in [-0.15, -0.1) is 0 Å². The molecule has 8 heteroatoms. The zero-order chi connectivity index (χ0) is 28.3. The van der Waals surface area contributed by atoms with Crippen molar-refractivity contribution in [3.05, 3.63) is 48.3 Å². The number of halogens is 1. The Hall–Kier alpha value is -2.36. The number of nitrogens with zero attached hydrogens (tertiary/aromatic N) is 2. The first kappa shape index (κ1) is 35.7. The molecule has 7 nitrogen and oxygen atoms in total. The quantitative estimate of drug-likeness (QED) is 0.123. The molecule has 0 fully saturated rings. The lowest BCUT2D eigenvalue weighted by Gasteiger charge is -2.18. The van der Waals surface area contributed by atoms with Crippen molar-refractivity contribution < 1.29 is 52.3 Å². The molecule has 224 valence electrons. The Balaban J connectivity index is 0.00000800. The van der Waals surface area contributed by atoms with Gasteiger partial charge in [0.15, 0.2) is 24.3 Å². The number of hydrogen-bond donors (Lipinski definition) is 0. The van der Waals surface area contributed by atoms with E-state index in [1.807, 2.05) is 36.0 Å². The number of pyridine rings is 1. The lowest BCUT2D eigenvalue weighted by molar-refractivity contribution is -0.679. The van der Waals surface area contributed by atoms with Gasteiger partial charge in [-0.1, -0.05) is 83.6 Å². The molecule has 0 atom stereocenters. The Bertz CT molecular complexity index is 1000. The fraction of sp³-hybridized carbons (Fsp3) is 0.594. The molecular weight excluding hydrogens is 619 g/mol. The number of amides is 2. The summed E-state index contributed by atoms with van der Waals surface area (Å²) in [6.07, 6.45) is 17.5. The smallest absolute Gasteiger partial charge is 0.267 e. The van der Waals surface area contributed by atoms with E-state index in [1.54, 1.807) is 25.3 Å². The van der Waals surface area contributed by atoms with Gasteiger partial charge in [-0.05, 0) is 18.6 Å². The third-order valence-electron chi connectivity index (χ3n) is 6.92. The molecule has 0 bridgehead atoms. The average molecular weight is 669 g/mol. The first-order valence-corrected chi connectivity index (χ1v) is 14.6. The van der Waals surface area contributed by atoms with Crippen LogP contribution in [0.4, 0.5) is 0 Å². The van der Waals surface area contributed by atoms with Crippen molar-refractivity contribution in [1.82, 2.24) is 4.90 Å². The van der Waals surface area contributed by atoms with E-state index in [4.69, 9.17) is 14.2 Å². The minimum atomic E-state index is -0.405. The third kappa shape index (κ3) is 13.8. The van der Waals surface area contributed by atoms with Gasteiger partial charge < -0.3 is 38.2 Å². The second-order valence-corrected chi connectivity index (χ2v) is 10.1. The van der Waals surface area contributed by atoms with E-state index in [0.717, 1.165) is 18.5 Å². The molecule has 0 aliphatic rings. The topological polar surface area (TPSA) is 69.0 Å². The number of benzene rings is 1. The molecule has 0 spiro atoms. The van der Waals surface area contributed by atoms with Crippen LogP contribution >= 0.6 is 0 Å². The number of carbonyl (C=O) groups is 2. The molecule has 2 aromatic rings. The summed E-state index contributed by atoms with van der Waals surface area (Å²) >= 11 is 0. The fourth-order valence-corrected chi connectivity index (χ4v) is 4.47. The maximum atomic E-state index is 12.8. The number of aromatic nitrogens is 1. The second-order valence-electron chi connectivity index (χ2n) is 10.1. The Labute approximate surface area is 258 Å². The second kappa shape index (κ2) is 21.4. The third-order valence-corrected chi connectivity index (χ3v) is 6.92. The summed E-state index contributed by atoms with van der Waals surface area (Å²) in [5, 5.41) is 0. The summed E-state index contributed by atoms with van der Waals surface area (Å²) in [5.74, 6) is 0.954. The number of ether oxygens (including phenoxy) is 3. The van der Waals surface area contributed by atoms with Crippen LogP contribution in [-0.4, -0.2) is 37.0 Å². The van der Waals surface area contributed by atoms with Crippen molar-refractivity contribution in [3.8, 4) is 17.2 Å². The molecule has 1 aromatic heterocycles. The summed E-state index contributed by atoms with van der Waals surface area (Å²) in [5.41, 5.74) is 0.845. The Morgan fingerprint density at radius 1 is 0.825 bits per heavy atom. The fourth-order valence-electron chi connectivity index (χ4n) is 4.47. The van der Waals surface area contributed by atoms with Gasteiger partial charge in [0.2, 0.25) is 11.6 Å². The van der Waals surface area contributed by atoms with Crippen LogP contribution in [0.25, 0.3) is 0 Å². The highest BCUT2D eigenvalue weighted by Gasteiger charge is 2.22. The molecule has 40 heavy (non-hydrogen) atoms. The summed E-state index contributed by atoms with van der Waals surface area (Å²) in [6, 6.07) is 10.9. The predicted molar refractivity (Wildman–Crippen MR) is 154 cm³/mol. The summed E-state index contributed by atoms with van der Waals surface area (Å²) < 4.78 is 19.0. The molecule has 0 aliphatic heterocycles. The average Bonchev–Trinajstić information content (AvgIpc) is 2.93. The zero-order valence-electron chi connectivity index (χ0n) is 25.0. The van der Waals surface area contributed by atoms with Crippen molar-refractivity contribution >= 4 is 11.8 Å². The van der Waals surface area contributed by atoms with Crippen LogP contribution in [0.5, 0.6) is 17.2 Å². The van der Waals surface area contributed by atoms with Crippen molar-refractivity contribution in [1.29, 1.82) is 0 Å². The molecule has 0 radical (unpaired) electrons. The van der Waals surface area contributed by atoms with Crippen molar-refractivity contribution in [3.63, 3.8) is 0 Å². The molecule has 0 saturated carbocycles. The number of hydrogen-bond acceptors (Lipinski definition) is 5. The molecule has 0 unspecified atom stereocenters. The standard InChI is InChI=1S/C32H49N2O5.HI/c1-5-6-7-8-9-10-11-12-13-14-15-18-23-38-30-21-20-29(24-31(30)37-4)39-26-32(36)34(27(2)35)25-28-19-16-17-22-33(28)3;/h16-17,19-22,24H,5-15,18,23,25-26H2,1-4H3;1H/q+1;/p-1. The minimum absolute atomic E-state index is 0. The zero-order valence-corrected chi connectivity index (χ0v) is 27.1. The number of unbranched alkanes of at least 4 members (excludes halogenated alkanes) is 11. The maximum absolute atomic E-state index is 12.8. The number of methoxy groups -OCH3 is 1. The maximum Gasteiger partial charge on any atom is 0.267 e. The Morgan fingerprint density at radius 2 is 1.45 bits per heavy atom. The molecule has 2 amide bonds. The lowest BCUT2D eigenvalue weighted by Crippen LogP contribution is -3.00. The molecule has 0 aliphatic carbocycles. The van der Waals surface area contributed by atoms with Crippen LogP contribution in [0, 0.1) is 0 Å². The first-order chi connectivity index (χ1) is 19.0. The van der Waals surface area contributed by atoms with Gasteiger partial charge in [0, 0.05) is 25.1 Å². The molecule has 0 N–H and O–H groups in total. The Morgan fingerprint density at radius 3 is 2.02 bits per heavy atom. The van der Waals surface area contributed by atoms with Gasteiger partial charge in [0.05, 0.1) is 13.7 Å². The molecule has 2 rings (SSSR count). The summed E-state index contributed by atoms with van der Waals surface area (Å²) in [6.45, 7) is 4.21. The number of aryl methyl sites for hydroxylation is 1. The number of imide groups is 1. The molecule has 1 heterocycles. The van der Waals surface area contributed by atoms with E-state index in [0.29, 0.717) is 23.9 Å². The van der Waals surface area contributed by atoms with Crippen molar-refractivity contribution in [2.45, 2.75) is 97.4 Å². The van der Waals surface area contributed by atoms with Crippen LogP contribution in [0.1, 0.15) is 96.6 Å². The van der Waals surface area contributed by atoms with Gasteiger partial charge in [0.25, 0.3) is 5.91 Å². The molecule has 1 aromatic carbocycles. The van der Waals surface area contributed by atoms with Crippen molar-refractivity contribution in [2.75, 3.05) is 20.3 Å². The van der Waals surface area contributed by atoms with Gasteiger partial charge in [0.1, 0.15) is 19.3 Å². The summed E-state index contributed by atoms with van der Waals surface area (Å²) in [4.78, 5) is 26.1. The monoisotopic (exact) mass is 668 g/mol. The van der Waals surface area contributed by atoms with E-state index in [1.165, 1.54) is 76.0 Å². The normalized spacial score (nSPS) is 10.5. The van der Waals surface area contributed by atoms with E-state index < -0.39 is 5.91 Å². The van der Waals surface area contributed by atoms with E-state index in [-0.39, 0.29) is 43.0 Å². The predicted octanol–water partition coefficient (Wildman–Crippen LogP) is 3.56. The van der Waals surface area contributed by atoms with Gasteiger partial charge in [-0.25, -0.2) is 4.57 Å². The van der Waals surface area contributed by atoms with E-state index in [9.17, 15) is 9.59 Å². The van der Waals surface area contributed by atoms with Crippen LogP contribution in [0.3, 0.4) is 0 Å². The summed E-state index contributed by atoms with van der Waals surface area (Å²) in [7, 11) is 3.46. The lowest BCUT2D eigenvalue weighted by atomic mass is 10.1. The van der Waals surface area contributed by atoms with Gasteiger partial charge in [-0.3, -0.25) is 14.5 Å². The van der Waals surface area contributed by atoms with E-state index >= 15 is 0 Å². The first-order valence-electron chi connectivity index (χ1n) is 14.6. The van der Waals surface area contributed by atoms with Gasteiger partial charge in [-0.2, -0.15) is 0 Å². The van der Waals surface area contributed by atoms with Crippen LogP contribution in [0.2, 0.25) is 0 Å². The SMILES string of the molecule is CCCCCCCCCCCCCCOc1ccc(OCC(=O)N(Cc2cccc[n+]2C)C(C)=O)cc1OC.[I-]. The highest BCUT2D eigenvalue weighted by atomic mass is 127. The molecule has 0 saturated heterocycles. The highest BCUT2D eigenvalue weighted by Crippen LogP contribution is 2.31.